The number of ether oxygens (including phenoxy) is 2. The van der Waals surface area contributed by atoms with E-state index >= 15 is 0 Å². The lowest BCUT2D eigenvalue weighted by Crippen LogP contribution is -2.37. The van der Waals surface area contributed by atoms with Gasteiger partial charge >= 0.3 is 0 Å². The summed E-state index contributed by atoms with van der Waals surface area (Å²) >= 11 is 0. The monoisotopic (exact) mass is 513 g/mol. The number of pyridine rings is 2. The molecule has 0 aromatic carbocycles. The van der Waals surface area contributed by atoms with Crippen molar-refractivity contribution in [3.8, 4) is 5.88 Å². The van der Waals surface area contributed by atoms with Crippen LogP contribution in [0.3, 0.4) is 0 Å². The van der Waals surface area contributed by atoms with Crippen LogP contribution in [0, 0.1) is 6.92 Å². The number of aromatic nitrogens is 4. The average molecular weight is 514 g/mol. The smallest absolute Gasteiger partial charge is 0.229 e. The first-order chi connectivity index (χ1) is 17.3. The van der Waals surface area contributed by atoms with Crippen molar-refractivity contribution in [2.45, 2.75) is 44.8 Å². The van der Waals surface area contributed by atoms with E-state index in [2.05, 4.69) is 29.9 Å². The van der Waals surface area contributed by atoms with Crippen LogP contribution < -0.4 is 19.7 Å². The number of hydrogen-bond acceptors (Lipinski definition) is 10. The molecule has 12 heteroatoms. The Morgan fingerprint density at radius 1 is 1.03 bits per heavy atom. The van der Waals surface area contributed by atoms with Gasteiger partial charge in [0.25, 0.3) is 0 Å². The Balaban J connectivity index is 1.35. The fourth-order valence-corrected chi connectivity index (χ4v) is 5.07. The molecule has 3 aromatic rings. The van der Waals surface area contributed by atoms with Gasteiger partial charge in [-0.05, 0) is 44.2 Å². The molecule has 2 fully saturated rings. The molecule has 1 saturated heterocycles. The van der Waals surface area contributed by atoms with Crippen LogP contribution in [0.25, 0.3) is 10.9 Å². The van der Waals surface area contributed by atoms with Gasteiger partial charge in [0, 0.05) is 37.6 Å². The Hall–Kier alpha value is -3.25. The van der Waals surface area contributed by atoms with Gasteiger partial charge in [0.1, 0.15) is 11.9 Å². The standard InChI is InChI=1S/C24H31N7O4S/c1-16-13-26-24(27-14-16)28-17-3-5-19(6-4-17)35-23-20-11-18(30-36(2,32)33)15-25-21(20)12-22(29-23)31-7-9-34-10-8-31/h11-15,17,19,30H,3-10H2,1-2H3,(H,26,27,28). The van der Waals surface area contributed by atoms with Gasteiger partial charge in [0.15, 0.2) is 0 Å². The molecule has 0 unspecified atom stereocenters. The molecule has 0 radical (unpaired) electrons. The van der Waals surface area contributed by atoms with Gasteiger partial charge < -0.3 is 19.7 Å². The molecule has 1 saturated carbocycles. The Kier molecular flexibility index (Phi) is 7.06. The molecule has 1 aliphatic carbocycles. The molecule has 11 nitrogen and oxygen atoms in total. The maximum absolute atomic E-state index is 11.8. The second-order valence-electron chi connectivity index (χ2n) is 9.37. The van der Waals surface area contributed by atoms with Crippen LogP contribution in [0.1, 0.15) is 31.2 Å². The van der Waals surface area contributed by atoms with Crippen LogP contribution in [-0.2, 0) is 14.8 Å². The lowest BCUT2D eigenvalue weighted by molar-refractivity contribution is 0.122. The summed E-state index contributed by atoms with van der Waals surface area (Å²) < 4.78 is 37.9. The summed E-state index contributed by atoms with van der Waals surface area (Å²) in [5.74, 6) is 1.90. The van der Waals surface area contributed by atoms with Crippen molar-refractivity contribution in [2.75, 3.05) is 47.5 Å². The van der Waals surface area contributed by atoms with Crippen LogP contribution in [0.2, 0.25) is 0 Å². The summed E-state index contributed by atoms with van der Waals surface area (Å²) in [5.41, 5.74) is 2.11. The van der Waals surface area contributed by atoms with E-state index in [1.165, 1.54) is 6.20 Å². The largest absolute Gasteiger partial charge is 0.474 e. The van der Waals surface area contributed by atoms with Crippen molar-refractivity contribution in [1.82, 2.24) is 19.9 Å². The zero-order valence-electron chi connectivity index (χ0n) is 20.5. The Morgan fingerprint density at radius 3 is 2.44 bits per heavy atom. The van der Waals surface area contributed by atoms with Gasteiger partial charge in [-0.2, -0.15) is 4.98 Å². The molecule has 4 heterocycles. The van der Waals surface area contributed by atoms with Crippen molar-refractivity contribution < 1.29 is 17.9 Å². The van der Waals surface area contributed by atoms with Crippen molar-refractivity contribution in [3.63, 3.8) is 0 Å². The predicted octanol–water partition coefficient (Wildman–Crippen LogP) is 2.74. The van der Waals surface area contributed by atoms with Gasteiger partial charge in [-0.15, -0.1) is 0 Å². The van der Waals surface area contributed by atoms with Gasteiger partial charge in [-0.3, -0.25) is 9.71 Å². The van der Waals surface area contributed by atoms with Gasteiger partial charge in [-0.1, -0.05) is 0 Å². The number of nitrogens with zero attached hydrogens (tertiary/aromatic N) is 5. The van der Waals surface area contributed by atoms with E-state index in [0.717, 1.165) is 56.4 Å². The normalized spacial score (nSPS) is 20.8. The van der Waals surface area contributed by atoms with E-state index in [-0.39, 0.29) is 12.1 Å². The van der Waals surface area contributed by atoms with Crippen LogP contribution in [0.4, 0.5) is 17.5 Å². The second kappa shape index (κ2) is 10.4. The van der Waals surface area contributed by atoms with Crippen LogP contribution >= 0.6 is 0 Å². The predicted molar refractivity (Wildman–Crippen MR) is 138 cm³/mol. The quantitative estimate of drug-likeness (QED) is 0.486. The van der Waals surface area contributed by atoms with Gasteiger partial charge in [0.05, 0.1) is 42.3 Å². The van der Waals surface area contributed by atoms with Crippen molar-refractivity contribution in [2.24, 2.45) is 0 Å². The van der Waals surface area contributed by atoms with Crippen LogP contribution in [0.15, 0.2) is 30.7 Å². The van der Waals surface area contributed by atoms with E-state index in [9.17, 15) is 8.42 Å². The first-order valence-electron chi connectivity index (χ1n) is 12.2. The number of rotatable bonds is 7. The summed E-state index contributed by atoms with van der Waals surface area (Å²) in [4.78, 5) is 20.2. The van der Waals surface area contributed by atoms with E-state index < -0.39 is 10.0 Å². The first kappa shape index (κ1) is 24.4. The Labute approximate surface area is 210 Å². The van der Waals surface area contributed by atoms with Crippen molar-refractivity contribution >= 4 is 38.4 Å². The molecule has 0 amide bonds. The molecular weight excluding hydrogens is 482 g/mol. The number of morpholine rings is 1. The second-order valence-corrected chi connectivity index (χ2v) is 11.1. The number of sulfonamides is 1. The highest BCUT2D eigenvalue weighted by Crippen LogP contribution is 2.33. The average Bonchev–Trinajstić information content (AvgIpc) is 2.86. The molecule has 1 aliphatic heterocycles. The Bertz CT molecular complexity index is 1310. The van der Waals surface area contributed by atoms with E-state index in [4.69, 9.17) is 14.5 Å². The molecule has 36 heavy (non-hydrogen) atoms. The van der Waals surface area contributed by atoms with Crippen molar-refractivity contribution in [1.29, 1.82) is 0 Å². The summed E-state index contributed by atoms with van der Waals surface area (Å²) in [6.45, 7) is 4.73. The summed E-state index contributed by atoms with van der Waals surface area (Å²) in [5, 5.41) is 4.09. The van der Waals surface area contributed by atoms with Crippen LogP contribution in [-0.4, -0.2) is 73.1 Å². The lowest BCUT2D eigenvalue weighted by atomic mass is 9.93. The SMILES string of the molecule is Cc1cnc(NC2CCC(Oc3nc(N4CCOCC4)cc4ncc(NS(C)(=O)=O)cc34)CC2)nc1. The maximum Gasteiger partial charge on any atom is 0.229 e. The van der Waals surface area contributed by atoms with E-state index in [1.54, 1.807) is 6.07 Å². The highest BCUT2D eigenvalue weighted by atomic mass is 32.2. The third-order valence-electron chi connectivity index (χ3n) is 6.34. The van der Waals surface area contributed by atoms with E-state index in [0.29, 0.717) is 41.6 Å². The maximum atomic E-state index is 11.8. The third kappa shape index (κ3) is 6.11. The molecular formula is C24H31N7O4S. The van der Waals surface area contributed by atoms with E-state index in [1.807, 2.05) is 25.4 Å². The first-order valence-corrected chi connectivity index (χ1v) is 14.0. The molecule has 0 spiro atoms. The minimum absolute atomic E-state index is 0.0100. The number of aryl methyl sites for hydroxylation is 1. The molecule has 2 aliphatic rings. The highest BCUT2D eigenvalue weighted by molar-refractivity contribution is 7.92. The fraction of sp³-hybridized carbons (Fsp3) is 0.500. The summed E-state index contributed by atoms with van der Waals surface area (Å²) in [6, 6.07) is 3.93. The molecule has 0 bridgehead atoms. The minimum atomic E-state index is -3.44. The third-order valence-corrected chi connectivity index (χ3v) is 6.94. The molecule has 3 aromatic heterocycles. The molecule has 0 atom stereocenters. The van der Waals surface area contributed by atoms with Gasteiger partial charge in [0.2, 0.25) is 21.9 Å². The number of hydrogen-bond donors (Lipinski definition) is 2. The Morgan fingerprint density at radius 2 is 1.75 bits per heavy atom. The molecule has 192 valence electrons. The number of nitrogens with one attached hydrogen (secondary N) is 2. The highest BCUT2D eigenvalue weighted by Gasteiger charge is 2.25. The minimum Gasteiger partial charge on any atom is -0.474 e. The fourth-order valence-electron chi connectivity index (χ4n) is 4.53. The lowest BCUT2D eigenvalue weighted by Gasteiger charge is -2.31. The number of anilines is 3. The van der Waals surface area contributed by atoms with Crippen molar-refractivity contribution in [3.05, 3.63) is 36.3 Å². The molecule has 2 N–H and O–H groups in total. The van der Waals surface area contributed by atoms with Crippen LogP contribution in [0.5, 0.6) is 5.88 Å². The summed E-state index contributed by atoms with van der Waals surface area (Å²) in [7, 11) is -3.44. The van der Waals surface area contributed by atoms with Gasteiger partial charge in [-0.25, -0.2) is 18.4 Å². The summed E-state index contributed by atoms with van der Waals surface area (Å²) in [6.07, 6.45) is 9.77. The topological polar surface area (TPSA) is 131 Å². The zero-order valence-corrected chi connectivity index (χ0v) is 21.3. The number of fused-ring (bicyclic) bond motifs is 1. The molecule has 5 rings (SSSR count). The zero-order chi connectivity index (χ0) is 25.1.